The summed E-state index contributed by atoms with van der Waals surface area (Å²) in [6.07, 6.45) is 8.62. The lowest BCUT2D eigenvalue weighted by Crippen LogP contribution is -2.39. The highest BCUT2D eigenvalue weighted by atomic mass is 19.1. The predicted octanol–water partition coefficient (Wildman–Crippen LogP) is 4.32. The molecule has 1 aliphatic rings. The van der Waals surface area contributed by atoms with E-state index in [4.69, 9.17) is 0 Å². The third kappa shape index (κ3) is 4.31. The lowest BCUT2D eigenvalue weighted by molar-refractivity contribution is 0.266. The maximum atomic E-state index is 13.8. The first-order chi connectivity index (χ1) is 9.31. The molecule has 1 nitrogen and oxygen atoms in total. The average molecular weight is 263 g/mol. The molecule has 0 heterocycles. The number of nitrogens with one attached hydrogen (secondary N) is 1. The second-order valence-corrected chi connectivity index (χ2v) is 5.75. The van der Waals surface area contributed by atoms with Crippen LogP contribution in [0, 0.1) is 11.7 Å². The van der Waals surface area contributed by atoms with Crippen LogP contribution in [0.25, 0.3) is 0 Å². The third-order valence-electron chi connectivity index (χ3n) is 4.27. The van der Waals surface area contributed by atoms with Crippen LogP contribution >= 0.6 is 0 Å². The Balaban J connectivity index is 2.02. The van der Waals surface area contributed by atoms with E-state index in [1.165, 1.54) is 32.1 Å². The van der Waals surface area contributed by atoms with Crippen molar-refractivity contribution in [2.75, 3.05) is 6.54 Å². The summed E-state index contributed by atoms with van der Waals surface area (Å²) in [7, 11) is 0. The zero-order valence-electron chi connectivity index (χ0n) is 12.0. The zero-order chi connectivity index (χ0) is 13.5. The van der Waals surface area contributed by atoms with Gasteiger partial charge in [0.1, 0.15) is 5.82 Å². The van der Waals surface area contributed by atoms with Crippen molar-refractivity contribution >= 4 is 0 Å². The predicted molar refractivity (Wildman–Crippen MR) is 78.8 cm³/mol. The zero-order valence-corrected chi connectivity index (χ0v) is 12.0. The summed E-state index contributed by atoms with van der Waals surface area (Å²) in [4.78, 5) is 0. The molecule has 2 heteroatoms. The lowest BCUT2D eigenvalue weighted by atomic mass is 9.81. The molecule has 106 valence electrons. The Kier molecular flexibility index (Phi) is 5.84. The maximum Gasteiger partial charge on any atom is 0.126 e. The van der Waals surface area contributed by atoms with Crippen molar-refractivity contribution < 1.29 is 4.39 Å². The van der Waals surface area contributed by atoms with Crippen molar-refractivity contribution in [3.05, 3.63) is 35.6 Å². The molecule has 1 aliphatic carbocycles. The van der Waals surface area contributed by atoms with E-state index in [0.717, 1.165) is 30.9 Å². The van der Waals surface area contributed by atoms with E-state index in [-0.39, 0.29) is 5.82 Å². The van der Waals surface area contributed by atoms with E-state index in [2.05, 4.69) is 12.2 Å². The Labute approximate surface area is 116 Å². The average Bonchev–Trinajstić information content (AvgIpc) is 2.46. The van der Waals surface area contributed by atoms with Crippen LogP contribution in [0.15, 0.2) is 24.3 Å². The SMILES string of the molecule is CCCNC(Cc1ccccc1F)C1CCCCC1. The molecular formula is C17H26FN. The minimum Gasteiger partial charge on any atom is -0.313 e. The summed E-state index contributed by atoms with van der Waals surface area (Å²) >= 11 is 0. The van der Waals surface area contributed by atoms with Crippen LogP contribution in [-0.2, 0) is 6.42 Å². The van der Waals surface area contributed by atoms with Crippen molar-refractivity contribution in [2.45, 2.75) is 57.9 Å². The Hall–Kier alpha value is -0.890. The van der Waals surface area contributed by atoms with Gasteiger partial charge in [-0.25, -0.2) is 4.39 Å². The van der Waals surface area contributed by atoms with Gasteiger partial charge in [-0.3, -0.25) is 0 Å². The summed E-state index contributed by atoms with van der Waals surface area (Å²) in [5.74, 6) is 0.668. The van der Waals surface area contributed by atoms with Gasteiger partial charge < -0.3 is 5.32 Å². The number of benzene rings is 1. The van der Waals surface area contributed by atoms with Crippen LogP contribution in [0.2, 0.25) is 0 Å². The molecule has 1 N–H and O–H groups in total. The van der Waals surface area contributed by atoms with Crippen LogP contribution in [0.1, 0.15) is 51.0 Å². The summed E-state index contributed by atoms with van der Waals surface area (Å²) in [6.45, 7) is 3.23. The Bertz CT molecular complexity index is 371. The molecule has 1 fully saturated rings. The van der Waals surface area contributed by atoms with E-state index >= 15 is 0 Å². The van der Waals surface area contributed by atoms with E-state index in [1.807, 2.05) is 12.1 Å². The monoisotopic (exact) mass is 263 g/mol. The van der Waals surface area contributed by atoms with Gasteiger partial charge in [0.05, 0.1) is 0 Å². The van der Waals surface area contributed by atoms with Gasteiger partial charge in [0.15, 0.2) is 0 Å². The Morgan fingerprint density at radius 2 is 1.95 bits per heavy atom. The number of halogens is 1. The first kappa shape index (κ1) is 14.5. The van der Waals surface area contributed by atoms with Crippen LogP contribution in [0.5, 0.6) is 0 Å². The summed E-state index contributed by atoms with van der Waals surface area (Å²) in [6, 6.07) is 7.66. The summed E-state index contributed by atoms with van der Waals surface area (Å²) < 4.78 is 13.8. The van der Waals surface area contributed by atoms with Crippen molar-refractivity contribution in [1.29, 1.82) is 0 Å². The molecule has 0 spiro atoms. The largest absolute Gasteiger partial charge is 0.313 e. The molecular weight excluding hydrogens is 237 g/mol. The van der Waals surface area contributed by atoms with E-state index in [1.54, 1.807) is 12.1 Å². The number of hydrogen-bond acceptors (Lipinski definition) is 1. The molecule has 1 atom stereocenters. The minimum absolute atomic E-state index is 0.0541. The highest BCUT2D eigenvalue weighted by molar-refractivity contribution is 5.18. The molecule has 0 bridgehead atoms. The maximum absolute atomic E-state index is 13.8. The van der Waals surface area contributed by atoms with E-state index in [0.29, 0.717) is 6.04 Å². The number of hydrogen-bond donors (Lipinski definition) is 1. The molecule has 1 saturated carbocycles. The summed E-state index contributed by atoms with van der Waals surface area (Å²) in [5, 5.41) is 3.65. The number of rotatable bonds is 6. The molecule has 1 aromatic carbocycles. The fourth-order valence-corrected chi connectivity index (χ4v) is 3.17. The molecule has 0 amide bonds. The lowest BCUT2D eigenvalue weighted by Gasteiger charge is -2.31. The first-order valence-electron chi connectivity index (χ1n) is 7.78. The van der Waals surface area contributed by atoms with Gasteiger partial charge in [-0.1, -0.05) is 44.4 Å². The van der Waals surface area contributed by atoms with Gasteiger partial charge in [-0.2, -0.15) is 0 Å². The van der Waals surface area contributed by atoms with Gasteiger partial charge in [0.25, 0.3) is 0 Å². The smallest absolute Gasteiger partial charge is 0.126 e. The normalized spacial score (nSPS) is 18.4. The molecule has 19 heavy (non-hydrogen) atoms. The highest BCUT2D eigenvalue weighted by Crippen LogP contribution is 2.28. The highest BCUT2D eigenvalue weighted by Gasteiger charge is 2.23. The molecule has 1 aromatic rings. The van der Waals surface area contributed by atoms with Crippen molar-refractivity contribution in [1.82, 2.24) is 5.32 Å². The fraction of sp³-hybridized carbons (Fsp3) is 0.647. The fourth-order valence-electron chi connectivity index (χ4n) is 3.17. The quantitative estimate of drug-likeness (QED) is 0.806. The van der Waals surface area contributed by atoms with Crippen LogP contribution < -0.4 is 5.32 Å². The molecule has 0 saturated heterocycles. The Morgan fingerprint density at radius 3 is 2.63 bits per heavy atom. The van der Waals surface area contributed by atoms with Crippen molar-refractivity contribution in [3.8, 4) is 0 Å². The third-order valence-corrected chi connectivity index (χ3v) is 4.27. The van der Waals surface area contributed by atoms with Crippen LogP contribution in [0.3, 0.4) is 0 Å². The molecule has 1 unspecified atom stereocenters. The van der Waals surface area contributed by atoms with E-state index < -0.39 is 0 Å². The van der Waals surface area contributed by atoms with Gasteiger partial charge in [-0.15, -0.1) is 0 Å². The van der Waals surface area contributed by atoms with Crippen molar-refractivity contribution in [3.63, 3.8) is 0 Å². The molecule has 0 aliphatic heterocycles. The van der Waals surface area contributed by atoms with Gasteiger partial charge >= 0.3 is 0 Å². The second kappa shape index (κ2) is 7.64. The van der Waals surface area contributed by atoms with E-state index in [9.17, 15) is 4.39 Å². The standard InChI is InChI=1S/C17H26FN/c1-2-12-19-17(14-8-4-3-5-9-14)13-15-10-6-7-11-16(15)18/h6-7,10-11,14,17,19H,2-5,8-9,12-13H2,1H3. The molecule has 0 radical (unpaired) electrons. The van der Waals surface area contributed by atoms with Crippen LogP contribution in [-0.4, -0.2) is 12.6 Å². The minimum atomic E-state index is -0.0541. The molecule has 2 rings (SSSR count). The van der Waals surface area contributed by atoms with Gasteiger partial charge in [0, 0.05) is 6.04 Å². The first-order valence-corrected chi connectivity index (χ1v) is 7.78. The molecule has 0 aromatic heterocycles. The van der Waals surface area contributed by atoms with Gasteiger partial charge in [0.2, 0.25) is 0 Å². The second-order valence-electron chi connectivity index (χ2n) is 5.75. The topological polar surface area (TPSA) is 12.0 Å². The van der Waals surface area contributed by atoms with Gasteiger partial charge in [-0.05, 0) is 49.8 Å². The Morgan fingerprint density at radius 1 is 1.21 bits per heavy atom. The summed E-state index contributed by atoms with van der Waals surface area (Å²) in [5.41, 5.74) is 0.863. The van der Waals surface area contributed by atoms with Crippen LogP contribution in [0.4, 0.5) is 4.39 Å². The van der Waals surface area contributed by atoms with Crippen molar-refractivity contribution in [2.24, 2.45) is 5.92 Å².